The van der Waals surface area contributed by atoms with E-state index in [0.717, 1.165) is 6.42 Å². The standard InChI is InChI=1S/C14H26N2O/c1-4-9-14(10-5-2)13(17-3)15-12-8-6-7-11-16(12)14/h13H,4-11H2,1-3H3. The summed E-state index contributed by atoms with van der Waals surface area (Å²) in [7, 11) is 1.81. The molecule has 3 heteroatoms. The predicted octanol–water partition coefficient (Wildman–Crippen LogP) is 3.20. The highest BCUT2D eigenvalue weighted by atomic mass is 16.5. The lowest BCUT2D eigenvalue weighted by molar-refractivity contribution is -0.0159. The Balaban J connectivity index is 2.27. The number of aliphatic imine (C=N–C) groups is 1. The molecule has 0 amide bonds. The van der Waals surface area contributed by atoms with Crippen molar-refractivity contribution in [1.29, 1.82) is 0 Å². The molecule has 3 nitrogen and oxygen atoms in total. The Bertz CT molecular complexity index is 282. The zero-order valence-corrected chi connectivity index (χ0v) is 11.5. The molecule has 0 aromatic carbocycles. The summed E-state index contributed by atoms with van der Waals surface area (Å²) in [5.74, 6) is 1.31. The third-order valence-electron chi connectivity index (χ3n) is 4.20. The maximum Gasteiger partial charge on any atom is 0.172 e. The van der Waals surface area contributed by atoms with Crippen molar-refractivity contribution >= 4 is 5.84 Å². The van der Waals surface area contributed by atoms with Gasteiger partial charge in [-0.15, -0.1) is 0 Å². The Labute approximate surface area is 105 Å². The normalized spacial score (nSPS) is 26.9. The van der Waals surface area contributed by atoms with Gasteiger partial charge in [-0.3, -0.25) is 0 Å². The number of fused-ring (bicyclic) bond motifs is 1. The molecule has 2 heterocycles. The minimum Gasteiger partial charge on any atom is -0.357 e. The highest BCUT2D eigenvalue weighted by Crippen LogP contribution is 2.40. The second-order valence-corrected chi connectivity index (χ2v) is 5.35. The van der Waals surface area contributed by atoms with Crippen LogP contribution in [0.2, 0.25) is 0 Å². The monoisotopic (exact) mass is 238 g/mol. The zero-order chi connectivity index (χ0) is 12.3. The summed E-state index contributed by atoms with van der Waals surface area (Å²) in [6.45, 7) is 5.72. The molecule has 0 aromatic rings. The lowest BCUT2D eigenvalue weighted by Gasteiger charge is -2.44. The van der Waals surface area contributed by atoms with Crippen LogP contribution in [0.5, 0.6) is 0 Å². The first kappa shape index (κ1) is 12.9. The van der Waals surface area contributed by atoms with Crippen molar-refractivity contribution in [1.82, 2.24) is 4.90 Å². The van der Waals surface area contributed by atoms with E-state index in [0.29, 0.717) is 0 Å². The molecular weight excluding hydrogens is 212 g/mol. The van der Waals surface area contributed by atoms with Gasteiger partial charge in [-0.2, -0.15) is 0 Å². The van der Waals surface area contributed by atoms with Crippen molar-refractivity contribution in [3.63, 3.8) is 0 Å². The highest BCUT2D eigenvalue weighted by molar-refractivity contribution is 5.85. The molecule has 1 fully saturated rings. The average Bonchev–Trinajstić information content (AvgIpc) is 2.65. The number of nitrogens with zero attached hydrogens (tertiary/aromatic N) is 2. The van der Waals surface area contributed by atoms with Gasteiger partial charge < -0.3 is 9.64 Å². The van der Waals surface area contributed by atoms with E-state index in [4.69, 9.17) is 9.73 Å². The smallest absolute Gasteiger partial charge is 0.172 e. The molecule has 0 radical (unpaired) electrons. The minimum absolute atomic E-state index is 0.0653. The highest BCUT2D eigenvalue weighted by Gasteiger charge is 2.49. The van der Waals surface area contributed by atoms with Crippen molar-refractivity contribution in [3.8, 4) is 0 Å². The van der Waals surface area contributed by atoms with E-state index in [9.17, 15) is 0 Å². The molecule has 1 saturated heterocycles. The maximum absolute atomic E-state index is 5.70. The van der Waals surface area contributed by atoms with E-state index in [-0.39, 0.29) is 11.8 Å². The van der Waals surface area contributed by atoms with Gasteiger partial charge in [0.1, 0.15) is 5.84 Å². The van der Waals surface area contributed by atoms with Gasteiger partial charge in [-0.1, -0.05) is 26.7 Å². The Hall–Kier alpha value is -0.570. The molecule has 0 bridgehead atoms. The first-order valence-electron chi connectivity index (χ1n) is 7.15. The van der Waals surface area contributed by atoms with Crippen molar-refractivity contribution in [2.24, 2.45) is 4.99 Å². The number of hydrogen-bond acceptors (Lipinski definition) is 3. The summed E-state index contributed by atoms with van der Waals surface area (Å²) in [6, 6.07) is 0. The largest absolute Gasteiger partial charge is 0.357 e. The van der Waals surface area contributed by atoms with Crippen molar-refractivity contribution in [3.05, 3.63) is 0 Å². The summed E-state index contributed by atoms with van der Waals surface area (Å²) in [5, 5.41) is 0. The van der Waals surface area contributed by atoms with Crippen molar-refractivity contribution in [2.45, 2.75) is 70.6 Å². The minimum atomic E-state index is 0.0653. The number of rotatable bonds is 5. The number of piperidine rings is 1. The van der Waals surface area contributed by atoms with E-state index in [2.05, 4.69) is 18.7 Å². The molecular formula is C14H26N2O. The van der Waals surface area contributed by atoms with Gasteiger partial charge >= 0.3 is 0 Å². The topological polar surface area (TPSA) is 24.8 Å². The Morgan fingerprint density at radius 1 is 1.29 bits per heavy atom. The molecule has 1 atom stereocenters. The fourth-order valence-electron chi connectivity index (χ4n) is 3.60. The van der Waals surface area contributed by atoms with Crippen LogP contribution in [0.15, 0.2) is 4.99 Å². The number of methoxy groups -OCH3 is 1. The van der Waals surface area contributed by atoms with Crippen LogP contribution in [0.1, 0.15) is 58.8 Å². The van der Waals surface area contributed by atoms with Crippen LogP contribution >= 0.6 is 0 Å². The molecule has 98 valence electrons. The Kier molecular flexibility index (Phi) is 4.08. The number of amidine groups is 1. The Morgan fingerprint density at radius 3 is 2.59 bits per heavy atom. The lowest BCUT2D eigenvalue weighted by Crippen LogP contribution is -2.55. The van der Waals surface area contributed by atoms with Gasteiger partial charge in [0.05, 0.1) is 5.54 Å². The second-order valence-electron chi connectivity index (χ2n) is 5.35. The molecule has 0 saturated carbocycles. The van der Waals surface area contributed by atoms with Gasteiger partial charge in [0.2, 0.25) is 0 Å². The van der Waals surface area contributed by atoms with Crippen LogP contribution in [-0.4, -0.2) is 36.2 Å². The summed E-state index contributed by atoms with van der Waals surface area (Å²) >= 11 is 0. The van der Waals surface area contributed by atoms with Crippen molar-refractivity contribution in [2.75, 3.05) is 13.7 Å². The third-order valence-corrected chi connectivity index (χ3v) is 4.20. The fourth-order valence-corrected chi connectivity index (χ4v) is 3.60. The van der Waals surface area contributed by atoms with Crippen LogP contribution < -0.4 is 0 Å². The van der Waals surface area contributed by atoms with E-state index in [1.807, 2.05) is 7.11 Å². The predicted molar refractivity (Wildman–Crippen MR) is 71.3 cm³/mol. The van der Waals surface area contributed by atoms with Crippen LogP contribution in [-0.2, 0) is 4.74 Å². The van der Waals surface area contributed by atoms with Crippen LogP contribution in [0.3, 0.4) is 0 Å². The molecule has 17 heavy (non-hydrogen) atoms. The zero-order valence-electron chi connectivity index (χ0n) is 11.5. The SMILES string of the molecule is CCCC1(CCC)C(OC)N=C2CCCCN21. The molecule has 0 spiro atoms. The van der Waals surface area contributed by atoms with Gasteiger partial charge in [-0.25, -0.2) is 4.99 Å². The number of ether oxygens (including phenoxy) is 1. The summed E-state index contributed by atoms with van der Waals surface area (Å²) in [4.78, 5) is 7.42. The van der Waals surface area contributed by atoms with Gasteiger partial charge in [0.25, 0.3) is 0 Å². The maximum atomic E-state index is 5.70. The number of hydrogen-bond donors (Lipinski definition) is 0. The quantitative estimate of drug-likeness (QED) is 0.735. The molecule has 0 aromatic heterocycles. The molecule has 0 N–H and O–H groups in total. The molecule has 2 aliphatic rings. The van der Waals surface area contributed by atoms with E-state index in [1.54, 1.807) is 0 Å². The van der Waals surface area contributed by atoms with E-state index in [1.165, 1.54) is 50.9 Å². The van der Waals surface area contributed by atoms with Gasteiger partial charge in [-0.05, 0) is 25.7 Å². The summed E-state index contributed by atoms with van der Waals surface area (Å²) < 4.78 is 5.70. The average molecular weight is 238 g/mol. The molecule has 1 unspecified atom stereocenters. The first-order chi connectivity index (χ1) is 8.28. The third kappa shape index (κ3) is 2.10. The van der Waals surface area contributed by atoms with Crippen LogP contribution in [0.4, 0.5) is 0 Å². The van der Waals surface area contributed by atoms with E-state index < -0.39 is 0 Å². The Morgan fingerprint density at radius 2 is 2.00 bits per heavy atom. The van der Waals surface area contributed by atoms with Gasteiger partial charge in [0.15, 0.2) is 6.23 Å². The first-order valence-corrected chi connectivity index (χ1v) is 7.15. The van der Waals surface area contributed by atoms with Gasteiger partial charge in [0, 0.05) is 20.1 Å². The van der Waals surface area contributed by atoms with Crippen LogP contribution in [0, 0.1) is 0 Å². The molecule has 2 aliphatic heterocycles. The summed E-state index contributed by atoms with van der Waals surface area (Å²) in [6.07, 6.45) is 8.63. The summed E-state index contributed by atoms with van der Waals surface area (Å²) in [5.41, 5.74) is 0.161. The van der Waals surface area contributed by atoms with Crippen LogP contribution in [0.25, 0.3) is 0 Å². The molecule has 0 aliphatic carbocycles. The molecule has 2 rings (SSSR count). The second kappa shape index (κ2) is 5.38. The fraction of sp³-hybridized carbons (Fsp3) is 0.929. The van der Waals surface area contributed by atoms with E-state index >= 15 is 0 Å². The lowest BCUT2D eigenvalue weighted by atomic mass is 9.84. The van der Waals surface area contributed by atoms with Crippen molar-refractivity contribution < 1.29 is 4.74 Å².